The van der Waals surface area contributed by atoms with E-state index in [0.717, 1.165) is 30.6 Å². The van der Waals surface area contributed by atoms with Gasteiger partial charge in [0.05, 0.1) is 9.23 Å². The zero-order valence-electron chi connectivity index (χ0n) is 14.2. The van der Waals surface area contributed by atoms with E-state index in [1.807, 2.05) is 0 Å². The highest BCUT2D eigenvalue weighted by molar-refractivity contribution is 7.90. The van der Waals surface area contributed by atoms with Crippen molar-refractivity contribution in [3.05, 3.63) is 44.6 Å². The first-order valence-corrected chi connectivity index (χ1v) is 12.7. The summed E-state index contributed by atoms with van der Waals surface area (Å²) in [7, 11) is -7.31. The third kappa shape index (κ3) is 4.84. The summed E-state index contributed by atoms with van der Waals surface area (Å²) in [6, 6.07) is 7.50. The summed E-state index contributed by atoms with van der Waals surface area (Å²) in [5.74, 6) is 0. The molecule has 0 bridgehead atoms. The fourth-order valence-corrected chi connectivity index (χ4v) is 7.48. The molecule has 1 aromatic carbocycles. The van der Waals surface area contributed by atoms with E-state index in [2.05, 4.69) is 4.72 Å². The quantitative estimate of drug-likeness (QED) is 0.699. The highest BCUT2D eigenvalue weighted by Gasteiger charge is 2.26. The van der Waals surface area contributed by atoms with E-state index in [1.54, 1.807) is 12.1 Å². The first kappa shape index (κ1) is 21.0. The van der Waals surface area contributed by atoms with E-state index in [9.17, 15) is 16.8 Å². The number of benzene rings is 1. The second kappa shape index (κ2) is 8.36. The van der Waals surface area contributed by atoms with Crippen LogP contribution in [0.2, 0.25) is 8.67 Å². The number of hydrogen-bond acceptors (Lipinski definition) is 5. The maximum atomic E-state index is 12.6. The summed E-state index contributed by atoms with van der Waals surface area (Å²) < 4.78 is 54.2. The Kier molecular flexibility index (Phi) is 6.52. The second-order valence-electron chi connectivity index (χ2n) is 6.12. The first-order valence-electron chi connectivity index (χ1n) is 8.24. The average Bonchev–Trinajstić information content (AvgIpc) is 3.00. The molecule has 1 fully saturated rings. The van der Waals surface area contributed by atoms with Gasteiger partial charge in [-0.3, -0.25) is 0 Å². The molecule has 1 N–H and O–H groups in total. The van der Waals surface area contributed by atoms with Crippen LogP contribution in [0.25, 0.3) is 0 Å². The normalized spacial score (nSPS) is 16.5. The Morgan fingerprint density at radius 3 is 2.19 bits per heavy atom. The summed E-state index contributed by atoms with van der Waals surface area (Å²) >= 11 is 12.7. The van der Waals surface area contributed by atoms with E-state index in [0.29, 0.717) is 18.7 Å². The smallest absolute Gasteiger partial charge is 0.207 e. The maximum Gasteiger partial charge on any atom is 0.243 e. The average molecular weight is 469 g/mol. The predicted octanol–water partition coefficient (Wildman–Crippen LogP) is 3.71. The lowest BCUT2D eigenvalue weighted by atomic mass is 10.2. The van der Waals surface area contributed by atoms with Crippen molar-refractivity contribution in [2.75, 3.05) is 13.1 Å². The minimum absolute atomic E-state index is 0.0101. The Morgan fingerprint density at radius 1 is 1.00 bits per heavy atom. The van der Waals surface area contributed by atoms with Gasteiger partial charge in [-0.25, -0.2) is 21.6 Å². The van der Waals surface area contributed by atoms with Gasteiger partial charge in [-0.2, -0.15) is 4.31 Å². The van der Waals surface area contributed by atoms with Crippen molar-refractivity contribution in [3.8, 4) is 0 Å². The number of piperidine rings is 1. The number of hydrogen-bond donors (Lipinski definition) is 1. The third-order valence-corrected chi connectivity index (χ3v) is 9.32. The molecule has 0 aliphatic carbocycles. The highest BCUT2D eigenvalue weighted by atomic mass is 35.5. The van der Waals surface area contributed by atoms with E-state index < -0.39 is 20.0 Å². The molecule has 2 aromatic rings. The van der Waals surface area contributed by atoms with Crippen LogP contribution in [0.1, 0.15) is 24.8 Å². The topological polar surface area (TPSA) is 83.5 Å². The Bertz CT molecular complexity index is 1010. The monoisotopic (exact) mass is 468 g/mol. The van der Waals surface area contributed by atoms with Gasteiger partial charge in [-0.1, -0.05) is 41.8 Å². The lowest BCUT2D eigenvalue weighted by Gasteiger charge is -2.25. The van der Waals surface area contributed by atoms with Gasteiger partial charge in [0.25, 0.3) is 0 Å². The molecule has 0 unspecified atom stereocenters. The van der Waals surface area contributed by atoms with Crippen LogP contribution in [-0.2, 0) is 26.6 Å². The summed E-state index contributed by atoms with van der Waals surface area (Å²) in [5, 5.41) is 0. The zero-order valence-corrected chi connectivity index (χ0v) is 18.2. The van der Waals surface area contributed by atoms with Gasteiger partial charge >= 0.3 is 0 Å². The third-order valence-electron chi connectivity index (χ3n) is 4.26. The van der Waals surface area contributed by atoms with Gasteiger partial charge in [0.15, 0.2) is 0 Å². The van der Waals surface area contributed by atoms with Gasteiger partial charge in [0, 0.05) is 19.6 Å². The van der Waals surface area contributed by atoms with Crippen LogP contribution < -0.4 is 4.72 Å². The standard InChI is InChI=1S/C16H18Cl2N2O4S3/c17-15-10-14(16(18)25-15)26(21,22)19-11-12-4-6-13(7-5-12)27(23,24)20-8-2-1-3-9-20/h4-7,10,19H,1-3,8-9,11H2. The Morgan fingerprint density at radius 2 is 1.63 bits per heavy atom. The van der Waals surface area contributed by atoms with E-state index in [1.165, 1.54) is 22.5 Å². The molecule has 0 radical (unpaired) electrons. The van der Waals surface area contributed by atoms with Gasteiger partial charge in [-0.05, 0) is 36.6 Å². The van der Waals surface area contributed by atoms with Crippen molar-refractivity contribution < 1.29 is 16.8 Å². The molecule has 11 heteroatoms. The number of sulfonamides is 2. The molecule has 27 heavy (non-hydrogen) atoms. The molecule has 0 saturated carbocycles. The number of thiophene rings is 1. The largest absolute Gasteiger partial charge is 0.243 e. The van der Waals surface area contributed by atoms with Gasteiger partial charge in [-0.15, -0.1) is 11.3 Å². The second-order valence-corrected chi connectivity index (χ2v) is 12.1. The van der Waals surface area contributed by atoms with Gasteiger partial charge < -0.3 is 0 Å². The van der Waals surface area contributed by atoms with Gasteiger partial charge in [0.1, 0.15) is 9.23 Å². The van der Waals surface area contributed by atoms with Crippen LogP contribution in [0.15, 0.2) is 40.1 Å². The number of nitrogens with zero attached hydrogens (tertiary/aromatic N) is 1. The van der Waals surface area contributed by atoms with Crippen molar-refractivity contribution >= 4 is 54.6 Å². The molecule has 0 amide bonds. The maximum absolute atomic E-state index is 12.6. The highest BCUT2D eigenvalue weighted by Crippen LogP contribution is 2.34. The SMILES string of the molecule is O=S(=O)(NCc1ccc(S(=O)(=O)N2CCCCC2)cc1)c1cc(Cl)sc1Cl. The van der Waals surface area contributed by atoms with Crippen LogP contribution in [-0.4, -0.2) is 34.2 Å². The molecule has 1 saturated heterocycles. The minimum atomic E-state index is -3.81. The Labute approximate surface area is 173 Å². The lowest BCUT2D eigenvalue weighted by molar-refractivity contribution is 0.346. The number of rotatable bonds is 6. The zero-order chi connectivity index (χ0) is 19.7. The molecule has 1 aliphatic rings. The van der Waals surface area contributed by atoms with Crippen molar-refractivity contribution in [3.63, 3.8) is 0 Å². The molecule has 3 rings (SSSR count). The van der Waals surface area contributed by atoms with Gasteiger partial charge in [0.2, 0.25) is 20.0 Å². The van der Waals surface area contributed by atoms with Crippen molar-refractivity contribution in [1.29, 1.82) is 0 Å². The molecule has 2 heterocycles. The van der Waals surface area contributed by atoms with E-state index in [-0.39, 0.29) is 25.0 Å². The molecule has 6 nitrogen and oxygen atoms in total. The fourth-order valence-electron chi connectivity index (χ4n) is 2.80. The summed E-state index contributed by atoms with van der Waals surface area (Å²) in [6.07, 6.45) is 2.78. The molecule has 1 aromatic heterocycles. The number of nitrogens with one attached hydrogen (secondary N) is 1. The molecule has 0 spiro atoms. The summed E-state index contributed by atoms with van der Waals surface area (Å²) in [6.45, 7) is 1.08. The van der Waals surface area contributed by atoms with E-state index >= 15 is 0 Å². The summed E-state index contributed by atoms with van der Waals surface area (Å²) in [4.78, 5) is 0.145. The number of halogens is 2. The first-order chi connectivity index (χ1) is 12.7. The molecule has 0 atom stereocenters. The fraction of sp³-hybridized carbons (Fsp3) is 0.375. The van der Waals surface area contributed by atoms with Crippen LogP contribution in [0.4, 0.5) is 0 Å². The lowest BCUT2D eigenvalue weighted by Crippen LogP contribution is -2.35. The summed E-state index contributed by atoms with van der Waals surface area (Å²) in [5.41, 5.74) is 0.633. The molecular formula is C16H18Cl2N2O4S3. The molecule has 1 aliphatic heterocycles. The van der Waals surface area contributed by atoms with Crippen LogP contribution in [0.5, 0.6) is 0 Å². The van der Waals surface area contributed by atoms with Crippen molar-refractivity contribution in [2.24, 2.45) is 0 Å². The Balaban J connectivity index is 1.70. The molecular weight excluding hydrogens is 451 g/mol. The van der Waals surface area contributed by atoms with Crippen molar-refractivity contribution in [2.45, 2.75) is 35.6 Å². The minimum Gasteiger partial charge on any atom is -0.207 e. The predicted molar refractivity (Wildman–Crippen MR) is 107 cm³/mol. The van der Waals surface area contributed by atoms with E-state index in [4.69, 9.17) is 23.2 Å². The van der Waals surface area contributed by atoms with Crippen molar-refractivity contribution in [1.82, 2.24) is 9.03 Å². The van der Waals surface area contributed by atoms with Crippen LogP contribution in [0.3, 0.4) is 0 Å². The van der Waals surface area contributed by atoms with Crippen LogP contribution >= 0.6 is 34.5 Å². The van der Waals surface area contributed by atoms with Crippen LogP contribution in [0, 0.1) is 0 Å². The molecule has 148 valence electrons. The Hall–Kier alpha value is -0.680.